The topological polar surface area (TPSA) is 52.3 Å². The van der Waals surface area contributed by atoms with Crippen molar-refractivity contribution in [3.63, 3.8) is 0 Å². The van der Waals surface area contributed by atoms with Crippen LogP contribution in [-0.2, 0) is 9.53 Å². The van der Waals surface area contributed by atoms with Crippen molar-refractivity contribution < 1.29 is 18.3 Å². The molecule has 0 radical (unpaired) electrons. The minimum Gasteiger partial charge on any atom is -0.468 e. The van der Waals surface area contributed by atoms with E-state index in [-0.39, 0.29) is 25.2 Å². The molecule has 1 rings (SSSR count). The molecule has 13 heavy (non-hydrogen) atoms. The molecule has 1 aliphatic carbocycles. The van der Waals surface area contributed by atoms with Gasteiger partial charge in [-0.2, -0.15) is 0 Å². The zero-order valence-corrected chi connectivity index (χ0v) is 8.00. The van der Waals surface area contributed by atoms with Crippen LogP contribution in [0.4, 0.5) is 8.78 Å². The SMILES string of the molecule is COC(=O)C1(N)CCC(F)(F)C1.Cl. The Hall–Kier alpha value is -0.420. The minimum absolute atomic E-state index is 0. The first-order chi connectivity index (χ1) is 5.40. The summed E-state index contributed by atoms with van der Waals surface area (Å²) in [6.45, 7) is 0. The summed E-state index contributed by atoms with van der Waals surface area (Å²) in [4.78, 5) is 10.9. The highest BCUT2D eigenvalue weighted by atomic mass is 35.5. The van der Waals surface area contributed by atoms with Gasteiger partial charge in [0.25, 0.3) is 5.92 Å². The number of alkyl halides is 2. The second-order valence-electron chi connectivity index (χ2n) is 3.18. The fourth-order valence-electron chi connectivity index (χ4n) is 1.42. The van der Waals surface area contributed by atoms with Gasteiger partial charge in [-0.1, -0.05) is 0 Å². The molecule has 3 nitrogen and oxygen atoms in total. The van der Waals surface area contributed by atoms with Crippen molar-refractivity contribution in [1.29, 1.82) is 0 Å². The van der Waals surface area contributed by atoms with Crippen LogP contribution in [0.15, 0.2) is 0 Å². The van der Waals surface area contributed by atoms with Crippen molar-refractivity contribution in [2.75, 3.05) is 7.11 Å². The molecule has 1 aliphatic rings. The fourth-order valence-corrected chi connectivity index (χ4v) is 1.42. The largest absolute Gasteiger partial charge is 0.468 e. The van der Waals surface area contributed by atoms with E-state index in [0.29, 0.717) is 0 Å². The average molecular weight is 216 g/mol. The van der Waals surface area contributed by atoms with Crippen LogP contribution in [0.3, 0.4) is 0 Å². The molecule has 0 aromatic rings. The molecule has 0 aromatic carbocycles. The number of methoxy groups -OCH3 is 1. The molecule has 0 saturated heterocycles. The van der Waals surface area contributed by atoms with Crippen LogP contribution in [-0.4, -0.2) is 24.5 Å². The number of carbonyl (C=O) groups is 1. The maximum Gasteiger partial charge on any atom is 0.326 e. The number of rotatable bonds is 1. The van der Waals surface area contributed by atoms with Gasteiger partial charge in [-0.3, -0.25) is 4.79 Å². The lowest BCUT2D eigenvalue weighted by Crippen LogP contribution is -2.47. The highest BCUT2D eigenvalue weighted by molar-refractivity contribution is 5.85. The third kappa shape index (κ3) is 2.51. The van der Waals surface area contributed by atoms with E-state index in [0.717, 1.165) is 7.11 Å². The molecule has 0 aliphatic heterocycles. The Balaban J connectivity index is 0.00000144. The van der Waals surface area contributed by atoms with E-state index >= 15 is 0 Å². The Kier molecular flexibility index (Phi) is 3.63. The van der Waals surface area contributed by atoms with Gasteiger partial charge in [-0.05, 0) is 6.42 Å². The van der Waals surface area contributed by atoms with Gasteiger partial charge in [0.1, 0.15) is 5.54 Å². The molecule has 6 heteroatoms. The second-order valence-corrected chi connectivity index (χ2v) is 3.18. The van der Waals surface area contributed by atoms with Crippen LogP contribution in [0.1, 0.15) is 19.3 Å². The van der Waals surface area contributed by atoms with E-state index in [1.807, 2.05) is 0 Å². The molecule has 0 amide bonds. The smallest absolute Gasteiger partial charge is 0.326 e. The van der Waals surface area contributed by atoms with Gasteiger partial charge >= 0.3 is 5.97 Å². The lowest BCUT2D eigenvalue weighted by Gasteiger charge is -2.19. The van der Waals surface area contributed by atoms with Gasteiger partial charge in [-0.25, -0.2) is 8.78 Å². The first-order valence-electron chi connectivity index (χ1n) is 3.65. The molecule has 1 unspecified atom stereocenters. The molecular formula is C7H12ClF2NO2. The summed E-state index contributed by atoms with van der Waals surface area (Å²) in [7, 11) is 1.15. The van der Waals surface area contributed by atoms with Crippen LogP contribution in [0.5, 0.6) is 0 Å². The molecule has 0 aromatic heterocycles. The van der Waals surface area contributed by atoms with E-state index in [9.17, 15) is 13.6 Å². The predicted octanol–water partition coefficient (Wildman–Crippen LogP) is 1.10. The number of esters is 1. The molecule has 1 fully saturated rings. The van der Waals surface area contributed by atoms with Gasteiger partial charge in [0.05, 0.1) is 7.11 Å². The van der Waals surface area contributed by atoms with Gasteiger partial charge in [-0.15, -0.1) is 12.4 Å². The molecule has 0 spiro atoms. The Morgan fingerprint density at radius 1 is 1.46 bits per heavy atom. The van der Waals surface area contributed by atoms with Crippen LogP contribution >= 0.6 is 12.4 Å². The van der Waals surface area contributed by atoms with Gasteiger partial charge in [0, 0.05) is 12.8 Å². The normalized spacial score (nSPS) is 30.8. The van der Waals surface area contributed by atoms with Gasteiger partial charge in [0.2, 0.25) is 0 Å². The summed E-state index contributed by atoms with van der Waals surface area (Å²) in [5, 5.41) is 0. The minimum atomic E-state index is -2.82. The standard InChI is InChI=1S/C7H11F2NO2.ClH/c1-12-5(11)6(10)2-3-7(8,9)4-6;/h2-4,10H2,1H3;1H. The first-order valence-corrected chi connectivity index (χ1v) is 3.65. The zero-order chi connectivity index (χ0) is 9.41. The molecule has 1 atom stereocenters. The van der Waals surface area contributed by atoms with Crippen molar-refractivity contribution >= 4 is 18.4 Å². The number of hydrogen-bond acceptors (Lipinski definition) is 3. The van der Waals surface area contributed by atoms with Crippen LogP contribution < -0.4 is 5.73 Å². The Morgan fingerprint density at radius 2 is 2.00 bits per heavy atom. The van der Waals surface area contributed by atoms with Crippen molar-refractivity contribution in [3.8, 4) is 0 Å². The molecule has 0 heterocycles. The van der Waals surface area contributed by atoms with Crippen LogP contribution in [0, 0.1) is 0 Å². The summed E-state index contributed by atoms with van der Waals surface area (Å²) in [5.74, 6) is -3.57. The quantitative estimate of drug-likeness (QED) is 0.667. The third-order valence-corrected chi connectivity index (χ3v) is 2.10. The molecular weight excluding hydrogens is 204 g/mol. The Labute approximate surface area is 81.0 Å². The number of nitrogens with two attached hydrogens (primary N) is 1. The summed E-state index contributed by atoms with van der Waals surface area (Å²) >= 11 is 0. The number of ether oxygens (including phenoxy) is 1. The van der Waals surface area contributed by atoms with Crippen LogP contribution in [0.2, 0.25) is 0 Å². The van der Waals surface area contributed by atoms with E-state index in [1.54, 1.807) is 0 Å². The number of carbonyl (C=O) groups excluding carboxylic acids is 1. The average Bonchev–Trinajstić information content (AvgIpc) is 2.25. The van der Waals surface area contributed by atoms with Crippen LogP contribution in [0.25, 0.3) is 0 Å². The van der Waals surface area contributed by atoms with Crippen molar-refractivity contribution in [1.82, 2.24) is 0 Å². The third-order valence-electron chi connectivity index (χ3n) is 2.10. The Morgan fingerprint density at radius 3 is 2.31 bits per heavy atom. The van der Waals surface area contributed by atoms with E-state index in [1.165, 1.54) is 0 Å². The summed E-state index contributed by atoms with van der Waals surface area (Å²) in [5.41, 5.74) is 3.96. The summed E-state index contributed by atoms with van der Waals surface area (Å²) in [6.07, 6.45) is -0.946. The molecule has 1 saturated carbocycles. The van der Waals surface area contributed by atoms with E-state index < -0.39 is 23.9 Å². The lowest BCUT2D eigenvalue weighted by molar-refractivity contribution is -0.148. The maximum absolute atomic E-state index is 12.6. The monoisotopic (exact) mass is 215 g/mol. The zero-order valence-electron chi connectivity index (χ0n) is 7.18. The van der Waals surface area contributed by atoms with Gasteiger partial charge in [0.15, 0.2) is 0 Å². The molecule has 78 valence electrons. The van der Waals surface area contributed by atoms with Gasteiger partial charge < -0.3 is 10.5 Å². The fraction of sp³-hybridized carbons (Fsp3) is 0.857. The van der Waals surface area contributed by atoms with Crippen molar-refractivity contribution in [2.24, 2.45) is 5.73 Å². The number of hydrogen-bond donors (Lipinski definition) is 1. The predicted molar refractivity (Wildman–Crippen MR) is 45.0 cm³/mol. The van der Waals surface area contributed by atoms with Crippen molar-refractivity contribution in [2.45, 2.75) is 30.7 Å². The second kappa shape index (κ2) is 3.75. The van der Waals surface area contributed by atoms with E-state index in [4.69, 9.17) is 5.73 Å². The van der Waals surface area contributed by atoms with E-state index in [2.05, 4.69) is 4.74 Å². The van der Waals surface area contributed by atoms with Crippen molar-refractivity contribution in [3.05, 3.63) is 0 Å². The highest BCUT2D eigenvalue weighted by Crippen LogP contribution is 2.40. The number of halogens is 3. The first kappa shape index (κ1) is 12.6. The molecule has 2 N–H and O–H groups in total. The molecule has 0 bridgehead atoms. The maximum atomic E-state index is 12.6. The lowest BCUT2D eigenvalue weighted by atomic mass is 9.99. The highest BCUT2D eigenvalue weighted by Gasteiger charge is 2.52. The summed E-state index contributed by atoms with van der Waals surface area (Å²) < 4.78 is 29.6. The summed E-state index contributed by atoms with van der Waals surface area (Å²) in [6, 6.07) is 0. The Bertz CT molecular complexity index is 213.